The molecule has 3 N–H and O–H groups in total. The SMILES string of the molecule is C#Cc1ncc(C)cc1/C=C(\C)Cc1cc(C(=O)NCc2c(C)cc(N)nc2C)ccn1. The van der Waals surface area contributed by atoms with Gasteiger partial charge in [0.2, 0.25) is 0 Å². The number of nitrogens with one attached hydrogen (secondary N) is 1. The third kappa shape index (κ3) is 5.58. The number of anilines is 1. The van der Waals surface area contributed by atoms with Crippen LogP contribution in [0.25, 0.3) is 6.08 Å². The van der Waals surface area contributed by atoms with Gasteiger partial charge in [0, 0.05) is 47.9 Å². The number of nitrogens with two attached hydrogens (primary N) is 1. The van der Waals surface area contributed by atoms with Crippen LogP contribution in [0, 0.1) is 33.1 Å². The van der Waals surface area contributed by atoms with Crippen molar-refractivity contribution in [1.82, 2.24) is 20.3 Å². The van der Waals surface area contributed by atoms with Gasteiger partial charge in [0.15, 0.2) is 0 Å². The molecule has 3 heterocycles. The molecule has 0 bridgehead atoms. The van der Waals surface area contributed by atoms with Crippen LogP contribution < -0.4 is 11.1 Å². The number of allylic oxidation sites excluding steroid dienone is 1. The number of rotatable bonds is 6. The fourth-order valence-corrected chi connectivity index (χ4v) is 3.57. The maximum Gasteiger partial charge on any atom is 0.251 e. The molecule has 0 aliphatic carbocycles. The van der Waals surface area contributed by atoms with E-state index in [1.165, 1.54) is 0 Å². The van der Waals surface area contributed by atoms with Gasteiger partial charge in [-0.1, -0.05) is 11.6 Å². The smallest absolute Gasteiger partial charge is 0.251 e. The third-order valence-electron chi connectivity index (χ3n) is 5.13. The largest absolute Gasteiger partial charge is 0.384 e. The Morgan fingerprint density at radius 1 is 1.22 bits per heavy atom. The summed E-state index contributed by atoms with van der Waals surface area (Å²) in [7, 11) is 0. The summed E-state index contributed by atoms with van der Waals surface area (Å²) in [5.41, 5.74) is 13.6. The van der Waals surface area contributed by atoms with Gasteiger partial charge >= 0.3 is 0 Å². The number of terminal acetylenes is 1. The summed E-state index contributed by atoms with van der Waals surface area (Å²) in [5, 5.41) is 2.97. The number of pyridine rings is 3. The fraction of sp³-hybridized carbons (Fsp3) is 0.231. The van der Waals surface area contributed by atoms with E-state index in [0.29, 0.717) is 30.0 Å². The van der Waals surface area contributed by atoms with Crippen molar-refractivity contribution < 1.29 is 4.79 Å². The van der Waals surface area contributed by atoms with Crippen molar-refractivity contribution in [3.05, 3.63) is 87.1 Å². The van der Waals surface area contributed by atoms with Crippen LogP contribution in [-0.4, -0.2) is 20.9 Å². The van der Waals surface area contributed by atoms with Gasteiger partial charge in [-0.25, -0.2) is 9.97 Å². The molecule has 0 atom stereocenters. The van der Waals surface area contributed by atoms with E-state index < -0.39 is 0 Å². The zero-order valence-electron chi connectivity index (χ0n) is 18.9. The van der Waals surface area contributed by atoms with E-state index in [9.17, 15) is 4.79 Å². The predicted molar refractivity (Wildman–Crippen MR) is 128 cm³/mol. The lowest BCUT2D eigenvalue weighted by molar-refractivity contribution is 0.0950. The molecule has 0 saturated heterocycles. The molecule has 0 aromatic carbocycles. The lowest BCUT2D eigenvalue weighted by Crippen LogP contribution is -2.24. The Kier molecular flexibility index (Phi) is 7.01. The predicted octanol–water partition coefficient (Wildman–Crippen LogP) is 3.94. The number of nitrogens with zero attached hydrogens (tertiary/aromatic N) is 3. The highest BCUT2D eigenvalue weighted by molar-refractivity contribution is 5.94. The molecule has 162 valence electrons. The van der Waals surface area contributed by atoms with Crippen LogP contribution in [0.5, 0.6) is 0 Å². The monoisotopic (exact) mass is 425 g/mol. The number of hydrogen-bond donors (Lipinski definition) is 2. The Bertz CT molecular complexity index is 1210. The molecule has 0 saturated carbocycles. The number of amides is 1. The average Bonchev–Trinajstić information content (AvgIpc) is 2.73. The maximum absolute atomic E-state index is 12.7. The van der Waals surface area contributed by atoms with Gasteiger partial charge < -0.3 is 11.1 Å². The lowest BCUT2D eigenvalue weighted by Gasteiger charge is -2.12. The summed E-state index contributed by atoms with van der Waals surface area (Å²) in [6, 6.07) is 7.34. The summed E-state index contributed by atoms with van der Waals surface area (Å²) in [5.74, 6) is 2.94. The minimum atomic E-state index is -0.164. The van der Waals surface area contributed by atoms with Crippen LogP contribution in [-0.2, 0) is 13.0 Å². The Labute approximate surface area is 189 Å². The zero-order chi connectivity index (χ0) is 23.3. The quantitative estimate of drug-likeness (QED) is 0.584. The topological polar surface area (TPSA) is 93.8 Å². The normalized spacial score (nSPS) is 11.2. The number of aromatic nitrogens is 3. The zero-order valence-corrected chi connectivity index (χ0v) is 18.9. The highest BCUT2D eigenvalue weighted by Gasteiger charge is 2.11. The van der Waals surface area contributed by atoms with E-state index in [0.717, 1.165) is 39.2 Å². The Morgan fingerprint density at radius 3 is 2.72 bits per heavy atom. The Hall–Kier alpha value is -3.98. The summed E-state index contributed by atoms with van der Waals surface area (Å²) >= 11 is 0. The maximum atomic E-state index is 12.7. The van der Waals surface area contributed by atoms with E-state index in [4.69, 9.17) is 12.2 Å². The lowest BCUT2D eigenvalue weighted by atomic mass is 10.0. The Morgan fingerprint density at radius 2 is 2.00 bits per heavy atom. The van der Waals surface area contributed by atoms with E-state index >= 15 is 0 Å². The molecule has 0 unspecified atom stereocenters. The van der Waals surface area contributed by atoms with Gasteiger partial charge in [-0.05, 0) is 74.6 Å². The van der Waals surface area contributed by atoms with Gasteiger partial charge in [-0.2, -0.15) is 0 Å². The van der Waals surface area contributed by atoms with E-state index in [-0.39, 0.29) is 5.91 Å². The number of carbonyl (C=O) groups is 1. The summed E-state index contributed by atoms with van der Waals surface area (Å²) in [6.45, 7) is 8.22. The average molecular weight is 426 g/mol. The van der Waals surface area contributed by atoms with Crippen LogP contribution in [0.1, 0.15) is 56.6 Å². The number of nitrogen functional groups attached to an aromatic ring is 1. The van der Waals surface area contributed by atoms with E-state index in [2.05, 4.69) is 26.2 Å². The summed E-state index contributed by atoms with van der Waals surface area (Å²) < 4.78 is 0. The number of hydrogen-bond acceptors (Lipinski definition) is 5. The fourth-order valence-electron chi connectivity index (χ4n) is 3.57. The molecule has 0 radical (unpaired) electrons. The standard InChI is InChI=1S/C26H27N5O/c1-6-24-21(10-17(3)14-29-24)9-16(2)11-22-13-20(7-8-28-22)26(32)30-15-23-18(4)12-25(27)31-19(23)5/h1,7-10,12-14H,11,15H2,2-5H3,(H2,27,31)(H,30,32)/b16-9+. The molecular weight excluding hydrogens is 398 g/mol. The molecule has 6 nitrogen and oxygen atoms in total. The molecular formula is C26H27N5O. The van der Waals surface area contributed by atoms with Crippen molar-refractivity contribution in [2.45, 2.75) is 40.7 Å². The van der Waals surface area contributed by atoms with Gasteiger partial charge in [0.05, 0.1) is 0 Å². The number of carbonyl (C=O) groups excluding carboxylic acids is 1. The van der Waals surface area contributed by atoms with Crippen LogP contribution in [0.4, 0.5) is 5.82 Å². The first-order chi connectivity index (χ1) is 15.3. The van der Waals surface area contributed by atoms with Gasteiger partial charge in [0.25, 0.3) is 5.91 Å². The first kappa shape index (κ1) is 22.7. The summed E-state index contributed by atoms with van der Waals surface area (Å²) in [4.78, 5) is 25.7. The third-order valence-corrected chi connectivity index (χ3v) is 5.13. The van der Waals surface area contributed by atoms with E-state index in [1.54, 1.807) is 18.5 Å². The summed E-state index contributed by atoms with van der Waals surface area (Å²) in [6.07, 6.45) is 11.6. The van der Waals surface area contributed by atoms with Crippen LogP contribution in [0.3, 0.4) is 0 Å². The van der Waals surface area contributed by atoms with Crippen LogP contribution in [0.15, 0.2) is 42.2 Å². The first-order valence-electron chi connectivity index (χ1n) is 10.3. The van der Waals surface area contributed by atoms with Gasteiger partial charge in [-0.3, -0.25) is 9.78 Å². The van der Waals surface area contributed by atoms with Gasteiger partial charge in [0.1, 0.15) is 11.5 Å². The molecule has 0 fully saturated rings. The minimum Gasteiger partial charge on any atom is -0.384 e. The minimum absolute atomic E-state index is 0.164. The molecule has 3 rings (SSSR count). The van der Waals surface area contributed by atoms with Crippen LogP contribution >= 0.6 is 0 Å². The van der Waals surface area contributed by atoms with Crippen molar-refractivity contribution >= 4 is 17.8 Å². The molecule has 3 aromatic rings. The molecule has 3 aromatic heterocycles. The molecule has 32 heavy (non-hydrogen) atoms. The van der Waals surface area contributed by atoms with Crippen molar-refractivity contribution in [3.63, 3.8) is 0 Å². The first-order valence-corrected chi connectivity index (χ1v) is 10.3. The van der Waals surface area contributed by atoms with Crippen molar-refractivity contribution in [2.75, 3.05) is 5.73 Å². The van der Waals surface area contributed by atoms with Crippen molar-refractivity contribution in [1.29, 1.82) is 0 Å². The Balaban J connectivity index is 1.72. The molecule has 1 amide bonds. The second-order valence-corrected chi connectivity index (χ2v) is 7.91. The second kappa shape index (κ2) is 9.88. The van der Waals surface area contributed by atoms with Crippen molar-refractivity contribution in [3.8, 4) is 12.3 Å². The van der Waals surface area contributed by atoms with Crippen molar-refractivity contribution in [2.24, 2.45) is 0 Å². The number of aryl methyl sites for hydroxylation is 3. The molecule has 6 heteroatoms. The highest BCUT2D eigenvalue weighted by Crippen LogP contribution is 2.17. The van der Waals surface area contributed by atoms with E-state index in [1.807, 2.05) is 52.0 Å². The molecule has 0 spiro atoms. The molecule has 0 aliphatic rings. The van der Waals surface area contributed by atoms with Gasteiger partial charge in [-0.15, -0.1) is 6.42 Å². The highest BCUT2D eigenvalue weighted by atomic mass is 16.1. The second-order valence-electron chi connectivity index (χ2n) is 7.91. The van der Waals surface area contributed by atoms with Crippen LogP contribution in [0.2, 0.25) is 0 Å². The molecule has 0 aliphatic heterocycles.